The Labute approximate surface area is 87.9 Å². The minimum Gasteiger partial charge on any atom is -0.274 e. The van der Waals surface area contributed by atoms with Gasteiger partial charge in [-0.3, -0.25) is 19.5 Å². The molecule has 0 saturated heterocycles. The van der Waals surface area contributed by atoms with Gasteiger partial charge in [0, 0.05) is 18.9 Å². The zero-order valence-corrected chi connectivity index (χ0v) is 8.73. The third-order valence-corrected chi connectivity index (χ3v) is 2.32. The van der Waals surface area contributed by atoms with Gasteiger partial charge in [0.25, 0.3) is 11.8 Å². The summed E-state index contributed by atoms with van der Waals surface area (Å²) in [5.41, 5.74) is 0.888. The Morgan fingerprint density at radius 3 is 2.53 bits per heavy atom. The van der Waals surface area contributed by atoms with E-state index in [1.807, 2.05) is 13.8 Å². The van der Waals surface area contributed by atoms with Crippen LogP contribution in [-0.4, -0.2) is 28.2 Å². The maximum Gasteiger partial charge on any atom is 0.263 e. The van der Waals surface area contributed by atoms with Crippen LogP contribution < -0.4 is 0 Å². The number of hydrogen-bond acceptors (Lipinski definition) is 3. The van der Waals surface area contributed by atoms with Crippen molar-refractivity contribution in [1.29, 1.82) is 0 Å². The molecule has 1 aromatic heterocycles. The highest BCUT2D eigenvalue weighted by atomic mass is 16.2. The highest BCUT2D eigenvalue weighted by Gasteiger charge is 2.35. The first-order chi connectivity index (χ1) is 7.11. The number of imide groups is 1. The van der Waals surface area contributed by atoms with E-state index in [1.54, 1.807) is 6.07 Å². The molecule has 0 bridgehead atoms. The average molecular weight is 204 g/mol. The van der Waals surface area contributed by atoms with Gasteiger partial charge in [-0.05, 0) is 12.0 Å². The molecule has 1 aliphatic rings. The highest BCUT2D eigenvalue weighted by molar-refractivity contribution is 6.21. The van der Waals surface area contributed by atoms with Crippen molar-refractivity contribution in [3.63, 3.8) is 0 Å². The van der Waals surface area contributed by atoms with Gasteiger partial charge in [0.05, 0.1) is 11.1 Å². The van der Waals surface area contributed by atoms with Crippen molar-refractivity contribution >= 4 is 11.8 Å². The quantitative estimate of drug-likeness (QED) is 0.683. The third kappa shape index (κ3) is 1.52. The standard InChI is InChI=1S/C11H12N2O2/c1-7(2)6-13-10(14)8-3-4-12-5-9(8)11(13)15/h3-5,7H,6H2,1-2H3. The van der Waals surface area contributed by atoms with Crippen molar-refractivity contribution in [3.8, 4) is 0 Å². The maximum atomic E-state index is 11.8. The number of amides is 2. The molecule has 15 heavy (non-hydrogen) atoms. The molecule has 0 N–H and O–H groups in total. The second kappa shape index (κ2) is 3.46. The Morgan fingerprint density at radius 1 is 1.27 bits per heavy atom. The van der Waals surface area contributed by atoms with E-state index in [9.17, 15) is 9.59 Å². The summed E-state index contributed by atoms with van der Waals surface area (Å²) < 4.78 is 0. The molecule has 0 spiro atoms. The third-order valence-electron chi connectivity index (χ3n) is 2.32. The molecule has 0 radical (unpaired) electrons. The molecule has 4 heteroatoms. The molecule has 4 nitrogen and oxygen atoms in total. The van der Waals surface area contributed by atoms with Crippen LogP contribution in [0, 0.1) is 5.92 Å². The summed E-state index contributed by atoms with van der Waals surface area (Å²) in [6.07, 6.45) is 2.98. The molecule has 2 amide bonds. The number of nitrogens with zero attached hydrogens (tertiary/aromatic N) is 2. The number of carbonyl (C=O) groups is 2. The summed E-state index contributed by atoms with van der Waals surface area (Å²) >= 11 is 0. The van der Waals surface area contributed by atoms with Crippen molar-refractivity contribution < 1.29 is 9.59 Å². The van der Waals surface area contributed by atoms with Crippen LogP contribution in [0.25, 0.3) is 0 Å². The van der Waals surface area contributed by atoms with E-state index in [1.165, 1.54) is 17.3 Å². The number of aromatic nitrogens is 1. The predicted octanol–water partition coefficient (Wildman–Crippen LogP) is 1.33. The van der Waals surface area contributed by atoms with Crippen molar-refractivity contribution in [2.24, 2.45) is 5.92 Å². The largest absolute Gasteiger partial charge is 0.274 e. The summed E-state index contributed by atoms with van der Waals surface area (Å²) in [7, 11) is 0. The number of rotatable bonds is 2. The molecule has 1 aliphatic heterocycles. The second-order valence-electron chi connectivity index (χ2n) is 4.04. The van der Waals surface area contributed by atoms with Crippen molar-refractivity contribution in [3.05, 3.63) is 29.6 Å². The van der Waals surface area contributed by atoms with Gasteiger partial charge in [0.2, 0.25) is 0 Å². The van der Waals surface area contributed by atoms with E-state index >= 15 is 0 Å². The van der Waals surface area contributed by atoms with E-state index in [2.05, 4.69) is 4.98 Å². The Balaban J connectivity index is 2.37. The molecule has 1 aromatic rings. The van der Waals surface area contributed by atoms with E-state index in [0.717, 1.165) is 0 Å². The van der Waals surface area contributed by atoms with Crippen LogP contribution in [0.3, 0.4) is 0 Å². The molecule has 0 unspecified atom stereocenters. The number of carbonyl (C=O) groups excluding carboxylic acids is 2. The molecule has 0 aromatic carbocycles. The first-order valence-corrected chi connectivity index (χ1v) is 4.91. The SMILES string of the molecule is CC(C)CN1C(=O)c2ccncc2C1=O. The van der Waals surface area contributed by atoms with Crippen LogP contribution in [0.2, 0.25) is 0 Å². The fourth-order valence-electron chi connectivity index (χ4n) is 1.67. The van der Waals surface area contributed by atoms with Gasteiger partial charge in [-0.25, -0.2) is 0 Å². The molecule has 0 aliphatic carbocycles. The van der Waals surface area contributed by atoms with E-state index in [-0.39, 0.29) is 17.7 Å². The van der Waals surface area contributed by atoms with Crippen molar-refractivity contribution in [2.45, 2.75) is 13.8 Å². The summed E-state index contributed by atoms with van der Waals surface area (Å²) in [5, 5.41) is 0. The van der Waals surface area contributed by atoms with Crippen molar-refractivity contribution in [2.75, 3.05) is 6.54 Å². The number of pyridine rings is 1. The number of hydrogen-bond donors (Lipinski definition) is 0. The molecule has 0 saturated carbocycles. The van der Waals surface area contributed by atoms with Crippen molar-refractivity contribution in [1.82, 2.24) is 9.88 Å². The monoisotopic (exact) mass is 204 g/mol. The number of fused-ring (bicyclic) bond motifs is 1. The lowest BCUT2D eigenvalue weighted by molar-refractivity contribution is 0.0636. The van der Waals surface area contributed by atoms with Crippen LogP contribution in [0.15, 0.2) is 18.5 Å². The fraction of sp³-hybridized carbons (Fsp3) is 0.364. The van der Waals surface area contributed by atoms with Gasteiger partial charge in [-0.1, -0.05) is 13.8 Å². The Bertz CT molecular complexity index is 391. The maximum absolute atomic E-state index is 11.8. The normalized spacial score (nSPS) is 15.0. The highest BCUT2D eigenvalue weighted by Crippen LogP contribution is 2.22. The molecular weight excluding hydrogens is 192 g/mol. The molecular formula is C11H12N2O2. The molecule has 2 heterocycles. The Morgan fingerprint density at radius 2 is 1.93 bits per heavy atom. The van der Waals surface area contributed by atoms with Crippen LogP contribution in [0.1, 0.15) is 34.6 Å². The van der Waals surface area contributed by atoms with E-state index in [0.29, 0.717) is 17.7 Å². The van der Waals surface area contributed by atoms with Gasteiger partial charge >= 0.3 is 0 Å². The topological polar surface area (TPSA) is 50.3 Å². The van der Waals surface area contributed by atoms with Crippen LogP contribution in [0.5, 0.6) is 0 Å². The summed E-state index contributed by atoms with van der Waals surface area (Å²) in [6.45, 7) is 4.41. The lowest BCUT2D eigenvalue weighted by Gasteiger charge is -2.15. The minimum atomic E-state index is -0.225. The van der Waals surface area contributed by atoms with E-state index < -0.39 is 0 Å². The first-order valence-electron chi connectivity index (χ1n) is 4.91. The molecule has 0 atom stereocenters. The van der Waals surface area contributed by atoms with Gasteiger partial charge in [-0.2, -0.15) is 0 Å². The summed E-state index contributed by atoms with van der Waals surface area (Å²) in [6, 6.07) is 1.59. The Kier molecular flexibility index (Phi) is 2.26. The molecule has 78 valence electrons. The average Bonchev–Trinajstić information content (AvgIpc) is 2.44. The predicted molar refractivity (Wildman–Crippen MR) is 54.4 cm³/mol. The summed E-state index contributed by atoms with van der Waals surface area (Å²) in [4.78, 5) is 28.8. The lowest BCUT2D eigenvalue weighted by Crippen LogP contribution is -2.33. The van der Waals surface area contributed by atoms with Gasteiger partial charge < -0.3 is 0 Å². The lowest BCUT2D eigenvalue weighted by atomic mass is 10.2. The molecule has 0 fully saturated rings. The zero-order chi connectivity index (χ0) is 11.0. The second-order valence-corrected chi connectivity index (χ2v) is 4.04. The van der Waals surface area contributed by atoms with Crippen LogP contribution in [0.4, 0.5) is 0 Å². The minimum absolute atomic E-state index is 0.203. The van der Waals surface area contributed by atoms with Gasteiger partial charge in [0.1, 0.15) is 0 Å². The Hall–Kier alpha value is -1.71. The molecule has 2 rings (SSSR count). The zero-order valence-electron chi connectivity index (χ0n) is 8.73. The van der Waals surface area contributed by atoms with Crippen LogP contribution >= 0.6 is 0 Å². The first kappa shape index (κ1) is 9.83. The fourth-order valence-corrected chi connectivity index (χ4v) is 1.67. The van der Waals surface area contributed by atoms with Gasteiger partial charge in [-0.15, -0.1) is 0 Å². The van der Waals surface area contributed by atoms with Crippen LogP contribution in [-0.2, 0) is 0 Å². The smallest absolute Gasteiger partial charge is 0.263 e. The van der Waals surface area contributed by atoms with E-state index in [4.69, 9.17) is 0 Å². The summed E-state index contributed by atoms with van der Waals surface area (Å²) in [5.74, 6) is -0.150. The van der Waals surface area contributed by atoms with Gasteiger partial charge in [0.15, 0.2) is 0 Å².